The van der Waals surface area contributed by atoms with Crippen LogP contribution in [0.5, 0.6) is 17.2 Å². The lowest BCUT2D eigenvalue weighted by Crippen LogP contribution is -2.52. The lowest BCUT2D eigenvalue weighted by atomic mass is 10.1. The predicted octanol–water partition coefficient (Wildman–Crippen LogP) is 2.11. The van der Waals surface area contributed by atoms with Crippen LogP contribution in [0, 0.1) is 6.92 Å². The Hall–Kier alpha value is -2.94. The summed E-state index contributed by atoms with van der Waals surface area (Å²) in [6.07, 6.45) is 0.156. The van der Waals surface area contributed by atoms with Crippen LogP contribution in [0.4, 0.5) is 5.69 Å². The van der Waals surface area contributed by atoms with Gasteiger partial charge in [-0.3, -0.25) is 9.10 Å². The van der Waals surface area contributed by atoms with Crippen molar-refractivity contribution in [3.05, 3.63) is 48.0 Å². The highest BCUT2D eigenvalue weighted by atomic mass is 32.2. The average molecular weight is 435 g/mol. The van der Waals surface area contributed by atoms with Crippen molar-refractivity contribution < 1.29 is 27.4 Å². The normalized spacial score (nSPS) is 16.8. The van der Waals surface area contributed by atoms with Crippen LogP contribution >= 0.6 is 0 Å². The van der Waals surface area contributed by atoms with E-state index in [-0.39, 0.29) is 19.2 Å². The maximum Gasteiger partial charge on any atom is 0.263 e. The van der Waals surface area contributed by atoms with Gasteiger partial charge in [0.1, 0.15) is 23.9 Å². The van der Waals surface area contributed by atoms with Crippen LogP contribution in [0.3, 0.4) is 0 Å². The summed E-state index contributed by atoms with van der Waals surface area (Å²) in [4.78, 5) is 12.7. The fourth-order valence-corrected chi connectivity index (χ4v) is 3.99. The number of nitrogens with zero attached hydrogens (tertiary/aromatic N) is 1. The Morgan fingerprint density at radius 3 is 2.53 bits per heavy atom. The predicted molar refractivity (Wildman–Crippen MR) is 114 cm³/mol. The van der Waals surface area contributed by atoms with Crippen LogP contribution < -0.4 is 23.8 Å². The van der Waals surface area contributed by atoms with Crippen LogP contribution in [0.2, 0.25) is 0 Å². The summed E-state index contributed by atoms with van der Waals surface area (Å²) in [5.41, 5.74) is 1.34. The quantitative estimate of drug-likeness (QED) is 0.717. The Balaban J connectivity index is 1.63. The van der Waals surface area contributed by atoms with Crippen LogP contribution in [0.15, 0.2) is 42.5 Å². The number of methoxy groups -OCH3 is 1. The molecule has 0 bridgehead atoms. The average Bonchev–Trinajstić information content (AvgIpc) is 2.71. The van der Waals surface area contributed by atoms with Crippen molar-refractivity contribution in [3.8, 4) is 17.2 Å². The van der Waals surface area contributed by atoms with Crippen molar-refractivity contribution in [3.63, 3.8) is 0 Å². The molecular weight excluding hydrogens is 408 g/mol. The lowest BCUT2D eigenvalue weighted by Gasteiger charge is -2.34. The van der Waals surface area contributed by atoms with E-state index in [4.69, 9.17) is 14.2 Å². The van der Waals surface area contributed by atoms with E-state index in [1.807, 2.05) is 13.0 Å². The summed E-state index contributed by atoms with van der Waals surface area (Å²) in [5.74, 6) is 1.34. The molecule has 1 heterocycles. The first-order chi connectivity index (χ1) is 14.2. The Labute approximate surface area is 176 Å². The topological polar surface area (TPSA) is 94.2 Å². The molecule has 2 atom stereocenters. The molecule has 0 unspecified atom stereocenters. The van der Waals surface area contributed by atoms with E-state index in [2.05, 4.69) is 5.32 Å². The summed E-state index contributed by atoms with van der Waals surface area (Å²) in [7, 11) is -1.98. The first-order valence-corrected chi connectivity index (χ1v) is 11.3. The molecule has 0 radical (unpaired) electrons. The van der Waals surface area contributed by atoms with E-state index in [0.717, 1.165) is 17.6 Å². The van der Waals surface area contributed by atoms with E-state index in [9.17, 15) is 13.2 Å². The van der Waals surface area contributed by atoms with E-state index >= 15 is 0 Å². The molecule has 0 fully saturated rings. The van der Waals surface area contributed by atoms with Crippen LogP contribution in [-0.4, -0.2) is 53.0 Å². The molecule has 2 aromatic rings. The maximum atomic E-state index is 12.7. The summed E-state index contributed by atoms with van der Waals surface area (Å²) in [6, 6.07) is 12.0. The first kappa shape index (κ1) is 21.8. The Kier molecular flexibility index (Phi) is 6.40. The maximum absolute atomic E-state index is 12.7. The second kappa shape index (κ2) is 8.83. The van der Waals surface area contributed by atoms with Gasteiger partial charge in [0.05, 0.1) is 31.6 Å². The smallest absolute Gasteiger partial charge is 0.263 e. The molecule has 8 nitrogen and oxygen atoms in total. The van der Waals surface area contributed by atoms with Gasteiger partial charge < -0.3 is 19.5 Å². The number of aryl methyl sites for hydroxylation is 1. The third-order valence-electron chi connectivity index (χ3n) is 4.62. The van der Waals surface area contributed by atoms with Gasteiger partial charge in [0.25, 0.3) is 5.91 Å². The van der Waals surface area contributed by atoms with Gasteiger partial charge in [0, 0.05) is 0 Å². The van der Waals surface area contributed by atoms with E-state index in [1.165, 1.54) is 4.31 Å². The third-order valence-corrected chi connectivity index (χ3v) is 5.77. The third kappa shape index (κ3) is 5.15. The number of amides is 1. The van der Waals surface area contributed by atoms with Crippen LogP contribution in [0.1, 0.15) is 12.5 Å². The highest BCUT2D eigenvalue weighted by Gasteiger charge is 2.35. The molecule has 1 aliphatic rings. The Morgan fingerprint density at radius 2 is 1.90 bits per heavy atom. The second-order valence-corrected chi connectivity index (χ2v) is 9.17. The summed E-state index contributed by atoms with van der Waals surface area (Å²) in [6.45, 7) is 3.82. The number of ether oxygens (including phenoxy) is 3. The lowest BCUT2D eigenvalue weighted by molar-refractivity contribution is -0.128. The van der Waals surface area contributed by atoms with Gasteiger partial charge in [-0.2, -0.15) is 0 Å². The Morgan fingerprint density at radius 1 is 1.23 bits per heavy atom. The molecule has 0 saturated heterocycles. The highest BCUT2D eigenvalue weighted by Crippen LogP contribution is 2.35. The zero-order valence-electron chi connectivity index (χ0n) is 17.4. The molecule has 1 N–H and O–H groups in total. The number of hydrogen-bond donors (Lipinski definition) is 1. The van der Waals surface area contributed by atoms with Gasteiger partial charge in [-0.1, -0.05) is 6.07 Å². The molecule has 2 aromatic carbocycles. The van der Waals surface area contributed by atoms with E-state index in [1.54, 1.807) is 50.4 Å². The van der Waals surface area contributed by atoms with Gasteiger partial charge in [0.2, 0.25) is 10.0 Å². The molecule has 0 aliphatic carbocycles. The number of anilines is 1. The minimum Gasteiger partial charge on any atom is -0.497 e. The van der Waals surface area contributed by atoms with Gasteiger partial charge in [-0.25, -0.2) is 8.42 Å². The van der Waals surface area contributed by atoms with Crippen molar-refractivity contribution in [2.24, 2.45) is 0 Å². The molecule has 0 aromatic heterocycles. The minimum absolute atomic E-state index is 0.0901. The fourth-order valence-electron chi connectivity index (χ4n) is 3.08. The van der Waals surface area contributed by atoms with Crippen molar-refractivity contribution in [1.29, 1.82) is 0 Å². The van der Waals surface area contributed by atoms with Gasteiger partial charge in [-0.05, 0) is 55.8 Å². The number of hydrogen-bond acceptors (Lipinski definition) is 6. The van der Waals surface area contributed by atoms with E-state index in [0.29, 0.717) is 17.2 Å². The minimum atomic E-state index is -3.56. The van der Waals surface area contributed by atoms with E-state index < -0.39 is 22.0 Å². The van der Waals surface area contributed by atoms with Crippen molar-refractivity contribution in [2.45, 2.75) is 26.0 Å². The number of sulfonamides is 1. The zero-order valence-corrected chi connectivity index (χ0v) is 18.2. The molecular formula is C21H26N2O6S. The SMILES string of the molecule is COc1ccc(OC[C@@H](C)NC(=O)[C@@H]2CN(S(C)(=O)=O)c3cc(C)ccc3O2)cc1. The van der Waals surface area contributed by atoms with Crippen molar-refractivity contribution in [1.82, 2.24) is 5.32 Å². The number of fused-ring (bicyclic) bond motifs is 1. The second-order valence-electron chi connectivity index (χ2n) is 7.27. The Bertz CT molecular complexity index is 1010. The van der Waals surface area contributed by atoms with Gasteiger partial charge in [-0.15, -0.1) is 0 Å². The molecule has 0 spiro atoms. The molecule has 0 saturated carbocycles. The summed E-state index contributed by atoms with van der Waals surface area (Å²) in [5, 5.41) is 2.82. The van der Waals surface area contributed by atoms with Crippen molar-refractivity contribution in [2.75, 3.05) is 30.8 Å². The van der Waals surface area contributed by atoms with Crippen molar-refractivity contribution >= 4 is 21.6 Å². The van der Waals surface area contributed by atoms with Crippen LogP contribution in [-0.2, 0) is 14.8 Å². The number of benzene rings is 2. The molecule has 1 amide bonds. The summed E-state index contributed by atoms with van der Waals surface area (Å²) >= 11 is 0. The molecule has 3 rings (SSSR count). The van der Waals surface area contributed by atoms with Gasteiger partial charge >= 0.3 is 0 Å². The molecule has 1 aliphatic heterocycles. The number of rotatable bonds is 7. The zero-order chi connectivity index (χ0) is 21.9. The standard InChI is InChI=1S/C21H26N2O6S/c1-14-5-10-19-18(11-14)23(30(4,25)26)12-20(29-19)21(24)22-15(2)13-28-17-8-6-16(27-3)7-9-17/h5-11,15,20H,12-13H2,1-4H3,(H,22,24)/t15-,20+/m1/s1. The van der Waals surface area contributed by atoms with Gasteiger partial charge in [0.15, 0.2) is 6.10 Å². The summed E-state index contributed by atoms with van der Waals surface area (Å²) < 4.78 is 42.3. The largest absolute Gasteiger partial charge is 0.497 e. The number of carbonyl (C=O) groups excluding carboxylic acids is 1. The monoisotopic (exact) mass is 434 g/mol. The van der Waals surface area contributed by atoms with Crippen LogP contribution in [0.25, 0.3) is 0 Å². The molecule has 30 heavy (non-hydrogen) atoms. The number of nitrogens with one attached hydrogen (secondary N) is 1. The highest BCUT2D eigenvalue weighted by molar-refractivity contribution is 7.92. The fraction of sp³-hybridized carbons (Fsp3) is 0.381. The number of carbonyl (C=O) groups is 1. The molecule has 9 heteroatoms. The first-order valence-electron chi connectivity index (χ1n) is 9.49. The molecule has 162 valence electrons.